The molecule has 1 aromatic rings. The molecule has 21 heavy (non-hydrogen) atoms. The molecule has 0 spiro atoms. The van der Waals surface area contributed by atoms with Gasteiger partial charge < -0.3 is 10.2 Å². The van der Waals surface area contributed by atoms with Gasteiger partial charge in [-0.15, -0.1) is 0 Å². The summed E-state index contributed by atoms with van der Waals surface area (Å²) in [5.41, 5.74) is 0.941. The van der Waals surface area contributed by atoms with E-state index in [1.807, 2.05) is 6.07 Å². The van der Waals surface area contributed by atoms with Crippen molar-refractivity contribution in [2.75, 3.05) is 11.4 Å². The zero-order valence-corrected chi connectivity index (χ0v) is 12.8. The minimum atomic E-state index is -0.404. The summed E-state index contributed by atoms with van der Waals surface area (Å²) < 4.78 is 0. The van der Waals surface area contributed by atoms with E-state index in [-0.39, 0.29) is 10.7 Å². The predicted molar refractivity (Wildman–Crippen MR) is 84.1 cm³/mol. The molecular formula is C15H20ClN3O2. The van der Waals surface area contributed by atoms with Crippen LogP contribution < -0.4 is 10.2 Å². The molecule has 0 amide bonds. The second kappa shape index (κ2) is 5.81. The van der Waals surface area contributed by atoms with Gasteiger partial charge in [0.2, 0.25) is 0 Å². The van der Waals surface area contributed by atoms with Gasteiger partial charge in [-0.25, -0.2) is 0 Å². The van der Waals surface area contributed by atoms with Crippen LogP contribution in [0.1, 0.15) is 32.6 Å². The van der Waals surface area contributed by atoms with Gasteiger partial charge in [-0.3, -0.25) is 10.1 Å². The van der Waals surface area contributed by atoms with Gasteiger partial charge in [0.1, 0.15) is 5.02 Å². The molecular weight excluding hydrogens is 290 g/mol. The topological polar surface area (TPSA) is 58.4 Å². The number of nitrogens with one attached hydrogen (secondary N) is 1. The Labute approximate surface area is 129 Å². The number of fused-ring (bicyclic) bond motifs is 2. The zero-order valence-electron chi connectivity index (χ0n) is 12.1. The maximum absolute atomic E-state index is 11.1. The highest BCUT2D eigenvalue weighted by atomic mass is 35.5. The Morgan fingerprint density at radius 1 is 1.38 bits per heavy atom. The first-order chi connectivity index (χ1) is 10.1. The van der Waals surface area contributed by atoms with Crippen molar-refractivity contribution in [3.8, 4) is 0 Å². The summed E-state index contributed by atoms with van der Waals surface area (Å²) in [5.74, 6) is 0. The largest absolute Gasteiger partial charge is 0.365 e. The molecule has 2 fully saturated rings. The van der Waals surface area contributed by atoms with Crippen LogP contribution in [0, 0.1) is 10.1 Å². The maximum atomic E-state index is 11.1. The van der Waals surface area contributed by atoms with E-state index in [4.69, 9.17) is 11.6 Å². The number of hydrogen-bond acceptors (Lipinski definition) is 4. The lowest BCUT2D eigenvalue weighted by Gasteiger charge is -2.40. The predicted octanol–water partition coefficient (Wildman–Crippen LogP) is 3.36. The summed E-state index contributed by atoms with van der Waals surface area (Å²) in [6.07, 6.45) is 4.56. The van der Waals surface area contributed by atoms with E-state index >= 15 is 0 Å². The van der Waals surface area contributed by atoms with Crippen molar-refractivity contribution in [3.05, 3.63) is 33.3 Å². The number of nitrogens with zero attached hydrogens (tertiary/aromatic N) is 2. The summed E-state index contributed by atoms with van der Waals surface area (Å²) >= 11 is 5.91. The van der Waals surface area contributed by atoms with E-state index in [0.29, 0.717) is 18.1 Å². The molecule has 2 aliphatic rings. The fraction of sp³-hybridized carbons (Fsp3) is 0.600. The number of halogens is 1. The van der Waals surface area contributed by atoms with Gasteiger partial charge in [-0.05, 0) is 44.4 Å². The molecule has 6 heteroatoms. The molecule has 2 saturated heterocycles. The first kappa shape index (κ1) is 14.6. The van der Waals surface area contributed by atoms with E-state index < -0.39 is 4.92 Å². The molecule has 0 radical (unpaired) electrons. The second-order valence-electron chi connectivity index (χ2n) is 5.91. The smallest absolute Gasteiger partial charge is 0.289 e. The molecule has 1 N–H and O–H groups in total. The number of nitro benzene ring substituents is 1. The van der Waals surface area contributed by atoms with E-state index in [0.717, 1.165) is 25.1 Å². The van der Waals surface area contributed by atoms with Crippen LogP contribution in [0.2, 0.25) is 5.02 Å². The molecule has 0 aromatic heterocycles. The standard InChI is InChI=1S/C15H20ClN3O2/c1-2-17-10-7-11-3-4-12(8-10)18(11)13-5-6-14(16)15(9-13)19(20)21/h5-6,9-12,17H,2-4,7-8H2,1H3. The molecule has 5 nitrogen and oxygen atoms in total. The molecule has 2 bridgehead atoms. The minimum Gasteiger partial charge on any atom is -0.365 e. The quantitative estimate of drug-likeness (QED) is 0.684. The van der Waals surface area contributed by atoms with Gasteiger partial charge >= 0.3 is 0 Å². The minimum absolute atomic E-state index is 0.00220. The van der Waals surface area contributed by atoms with E-state index in [9.17, 15) is 10.1 Å². The Hall–Kier alpha value is -1.33. The molecule has 1 aromatic carbocycles. The van der Waals surface area contributed by atoms with Crippen molar-refractivity contribution in [3.63, 3.8) is 0 Å². The number of piperidine rings is 1. The lowest BCUT2D eigenvalue weighted by atomic mass is 9.96. The van der Waals surface area contributed by atoms with Crippen LogP contribution in [0.3, 0.4) is 0 Å². The molecule has 0 aliphatic carbocycles. The number of benzene rings is 1. The molecule has 3 rings (SSSR count). The summed E-state index contributed by atoms with van der Waals surface area (Å²) in [6.45, 7) is 3.13. The Balaban J connectivity index is 1.85. The zero-order chi connectivity index (χ0) is 15.0. The summed E-state index contributed by atoms with van der Waals surface area (Å²) in [7, 11) is 0. The Bertz CT molecular complexity index is 538. The van der Waals surface area contributed by atoms with Crippen molar-refractivity contribution in [1.82, 2.24) is 5.32 Å². The molecule has 2 atom stereocenters. The van der Waals surface area contributed by atoms with Crippen LogP contribution in [-0.2, 0) is 0 Å². The van der Waals surface area contributed by atoms with Gasteiger partial charge in [0.15, 0.2) is 0 Å². The third-order valence-electron chi connectivity index (χ3n) is 4.65. The van der Waals surface area contributed by atoms with Crippen LogP contribution in [0.4, 0.5) is 11.4 Å². The van der Waals surface area contributed by atoms with Crippen molar-refractivity contribution < 1.29 is 4.92 Å². The van der Waals surface area contributed by atoms with Gasteiger partial charge in [-0.2, -0.15) is 0 Å². The van der Waals surface area contributed by atoms with E-state index in [1.54, 1.807) is 12.1 Å². The summed E-state index contributed by atoms with van der Waals surface area (Å²) in [4.78, 5) is 13.0. The van der Waals surface area contributed by atoms with Crippen molar-refractivity contribution in [1.29, 1.82) is 0 Å². The highest BCUT2D eigenvalue weighted by molar-refractivity contribution is 6.32. The van der Waals surface area contributed by atoms with Crippen molar-refractivity contribution in [2.24, 2.45) is 0 Å². The monoisotopic (exact) mass is 309 g/mol. The Kier molecular flexibility index (Phi) is 4.04. The third-order valence-corrected chi connectivity index (χ3v) is 4.97. The first-order valence-electron chi connectivity index (χ1n) is 7.55. The molecule has 2 aliphatic heterocycles. The average molecular weight is 310 g/mol. The van der Waals surface area contributed by atoms with Gasteiger partial charge in [0, 0.05) is 29.9 Å². The first-order valence-corrected chi connectivity index (χ1v) is 7.93. The van der Waals surface area contributed by atoms with Gasteiger partial charge in [0.05, 0.1) is 4.92 Å². The SMILES string of the molecule is CCNC1CC2CCC(C1)N2c1ccc(Cl)c([N+](=O)[O-])c1. The van der Waals surface area contributed by atoms with Crippen molar-refractivity contribution >= 4 is 23.0 Å². The fourth-order valence-electron chi connectivity index (χ4n) is 3.86. The number of hydrogen-bond donors (Lipinski definition) is 1. The van der Waals surface area contributed by atoms with Crippen LogP contribution in [-0.4, -0.2) is 29.6 Å². The Morgan fingerprint density at radius 3 is 2.62 bits per heavy atom. The number of rotatable bonds is 4. The Morgan fingerprint density at radius 2 is 2.05 bits per heavy atom. The van der Waals surface area contributed by atoms with E-state index in [1.165, 1.54) is 12.8 Å². The number of nitro groups is 1. The van der Waals surface area contributed by atoms with Gasteiger partial charge in [-0.1, -0.05) is 18.5 Å². The number of anilines is 1. The van der Waals surface area contributed by atoms with Crippen LogP contribution in [0.5, 0.6) is 0 Å². The fourth-order valence-corrected chi connectivity index (χ4v) is 4.04. The van der Waals surface area contributed by atoms with Crippen LogP contribution in [0.25, 0.3) is 0 Å². The maximum Gasteiger partial charge on any atom is 0.289 e. The molecule has 0 saturated carbocycles. The molecule has 2 heterocycles. The highest BCUT2D eigenvalue weighted by Gasteiger charge is 2.40. The third kappa shape index (κ3) is 2.72. The average Bonchev–Trinajstić information content (AvgIpc) is 2.71. The van der Waals surface area contributed by atoms with Gasteiger partial charge in [0.25, 0.3) is 5.69 Å². The highest BCUT2D eigenvalue weighted by Crippen LogP contribution is 2.41. The van der Waals surface area contributed by atoms with E-state index in [2.05, 4.69) is 17.1 Å². The normalized spacial score (nSPS) is 27.9. The van der Waals surface area contributed by atoms with Crippen molar-refractivity contribution in [2.45, 2.75) is 50.7 Å². The van der Waals surface area contributed by atoms with Crippen LogP contribution in [0.15, 0.2) is 18.2 Å². The van der Waals surface area contributed by atoms with Crippen LogP contribution >= 0.6 is 11.6 Å². The lowest BCUT2D eigenvalue weighted by molar-refractivity contribution is -0.384. The second-order valence-corrected chi connectivity index (χ2v) is 6.32. The summed E-state index contributed by atoms with van der Waals surface area (Å²) in [6, 6.07) is 6.72. The molecule has 2 unspecified atom stereocenters. The molecule has 114 valence electrons. The summed E-state index contributed by atoms with van der Waals surface area (Å²) in [5, 5.41) is 14.8. The lowest BCUT2D eigenvalue weighted by Crippen LogP contribution is -2.49.